The summed E-state index contributed by atoms with van der Waals surface area (Å²) in [6, 6.07) is 4.95. The Morgan fingerprint density at radius 3 is 2.58 bits per heavy atom. The van der Waals surface area contributed by atoms with Gasteiger partial charge >= 0.3 is 0 Å². The molecule has 0 saturated carbocycles. The van der Waals surface area contributed by atoms with E-state index in [1.165, 1.54) is 6.07 Å². The Morgan fingerprint density at radius 1 is 1.42 bits per heavy atom. The van der Waals surface area contributed by atoms with Crippen molar-refractivity contribution in [2.24, 2.45) is 0 Å². The van der Waals surface area contributed by atoms with Crippen LogP contribution in [0.15, 0.2) is 18.2 Å². The van der Waals surface area contributed by atoms with Crippen LogP contribution in [-0.2, 0) is 0 Å². The van der Waals surface area contributed by atoms with E-state index in [1.807, 2.05) is 11.8 Å². The van der Waals surface area contributed by atoms with E-state index in [2.05, 4.69) is 6.92 Å². The molecule has 0 aromatic heterocycles. The lowest BCUT2D eigenvalue weighted by Crippen LogP contribution is -2.24. The molecule has 5 heteroatoms. The van der Waals surface area contributed by atoms with Crippen LogP contribution in [0.3, 0.4) is 0 Å². The number of nitro groups is 1. The number of nitro benzene ring substituents is 1. The average molecular weight is 266 g/mol. The Labute approximate surface area is 114 Å². The molecule has 19 heavy (non-hydrogen) atoms. The minimum atomic E-state index is -0.696. The highest BCUT2D eigenvalue weighted by molar-refractivity contribution is 5.64. The first kappa shape index (κ1) is 15.4. The van der Waals surface area contributed by atoms with Crippen molar-refractivity contribution in [2.45, 2.75) is 39.7 Å². The van der Waals surface area contributed by atoms with Crippen molar-refractivity contribution in [3.63, 3.8) is 0 Å². The maximum atomic E-state index is 11.2. The third-order valence-corrected chi connectivity index (χ3v) is 3.18. The van der Waals surface area contributed by atoms with E-state index < -0.39 is 6.10 Å². The minimum Gasteiger partial charge on any atom is -0.389 e. The zero-order valence-corrected chi connectivity index (χ0v) is 11.8. The molecule has 0 amide bonds. The van der Waals surface area contributed by atoms with Crippen LogP contribution in [-0.4, -0.2) is 23.1 Å². The predicted octanol–water partition coefficient (Wildman–Crippen LogP) is 3.27. The molecule has 1 N–H and O–H groups in total. The monoisotopic (exact) mass is 266 g/mol. The van der Waals surface area contributed by atoms with E-state index in [0.29, 0.717) is 11.3 Å². The molecule has 0 heterocycles. The number of rotatable bonds is 7. The van der Waals surface area contributed by atoms with Gasteiger partial charge in [0.15, 0.2) is 0 Å². The Bertz CT molecular complexity index is 433. The third-order valence-electron chi connectivity index (χ3n) is 3.18. The van der Waals surface area contributed by atoms with Crippen molar-refractivity contribution < 1.29 is 10.0 Å². The van der Waals surface area contributed by atoms with E-state index in [1.54, 1.807) is 19.1 Å². The zero-order chi connectivity index (χ0) is 14.4. The van der Waals surface area contributed by atoms with Crippen molar-refractivity contribution in [1.82, 2.24) is 0 Å². The topological polar surface area (TPSA) is 66.6 Å². The van der Waals surface area contributed by atoms with Crippen LogP contribution in [0.25, 0.3) is 0 Å². The molecule has 1 atom stereocenters. The van der Waals surface area contributed by atoms with E-state index in [9.17, 15) is 15.2 Å². The first-order valence-corrected chi connectivity index (χ1v) is 6.72. The Balaban J connectivity index is 3.14. The molecule has 0 aliphatic rings. The third kappa shape index (κ3) is 3.92. The standard InChI is InChI=1S/C14H22N2O3/c1-4-6-9-15(5-2)13-8-7-12(11(3)17)10-14(13)16(18)19/h7-8,10-11,17H,4-6,9H2,1-3H3/t11-/m0/s1. The van der Waals surface area contributed by atoms with E-state index in [-0.39, 0.29) is 10.6 Å². The summed E-state index contributed by atoms with van der Waals surface area (Å²) in [4.78, 5) is 12.8. The fraction of sp³-hybridized carbons (Fsp3) is 0.571. The van der Waals surface area contributed by atoms with Gasteiger partial charge in [-0.3, -0.25) is 10.1 Å². The second-order valence-corrected chi connectivity index (χ2v) is 4.61. The van der Waals surface area contributed by atoms with E-state index >= 15 is 0 Å². The summed E-state index contributed by atoms with van der Waals surface area (Å²) in [5, 5.41) is 20.7. The van der Waals surface area contributed by atoms with Crippen molar-refractivity contribution in [2.75, 3.05) is 18.0 Å². The SMILES string of the molecule is CCCCN(CC)c1ccc([C@H](C)O)cc1[N+](=O)[O-]. The van der Waals surface area contributed by atoms with Gasteiger partial charge < -0.3 is 10.0 Å². The highest BCUT2D eigenvalue weighted by atomic mass is 16.6. The van der Waals surface area contributed by atoms with Gasteiger partial charge in [0.25, 0.3) is 5.69 Å². The highest BCUT2D eigenvalue weighted by Crippen LogP contribution is 2.31. The van der Waals surface area contributed by atoms with Crippen LogP contribution in [0.5, 0.6) is 0 Å². The van der Waals surface area contributed by atoms with Crippen LogP contribution in [0.2, 0.25) is 0 Å². The normalized spacial score (nSPS) is 12.2. The number of aliphatic hydroxyl groups excluding tert-OH is 1. The Kier molecular flexibility index (Phi) is 5.76. The fourth-order valence-corrected chi connectivity index (χ4v) is 2.01. The Morgan fingerprint density at radius 2 is 2.11 bits per heavy atom. The predicted molar refractivity (Wildman–Crippen MR) is 76.5 cm³/mol. The number of unbranched alkanes of at least 4 members (excludes halogenated alkanes) is 1. The molecule has 0 unspecified atom stereocenters. The van der Waals surface area contributed by atoms with Gasteiger partial charge in [-0.25, -0.2) is 0 Å². The van der Waals surface area contributed by atoms with Gasteiger partial charge in [-0.1, -0.05) is 19.4 Å². The van der Waals surface area contributed by atoms with Gasteiger partial charge in [0, 0.05) is 19.2 Å². The molecule has 106 valence electrons. The van der Waals surface area contributed by atoms with Gasteiger partial charge in [0.2, 0.25) is 0 Å². The van der Waals surface area contributed by atoms with Crippen LogP contribution in [0, 0.1) is 10.1 Å². The second kappa shape index (κ2) is 7.09. The van der Waals surface area contributed by atoms with Gasteiger partial charge in [0.1, 0.15) is 5.69 Å². The van der Waals surface area contributed by atoms with Gasteiger partial charge in [-0.15, -0.1) is 0 Å². The lowest BCUT2D eigenvalue weighted by molar-refractivity contribution is -0.384. The summed E-state index contributed by atoms with van der Waals surface area (Å²) in [6.45, 7) is 7.23. The molecule has 1 aromatic rings. The largest absolute Gasteiger partial charge is 0.389 e. The van der Waals surface area contributed by atoms with Gasteiger partial charge in [0.05, 0.1) is 11.0 Å². The average Bonchev–Trinajstić information content (AvgIpc) is 2.39. The van der Waals surface area contributed by atoms with Crippen molar-refractivity contribution in [3.05, 3.63) is 33.9 Å². The zero-order valence-electron chi connectivity index (χ0n) is 11.8. The summed E-state index contributed by atoms with van der Waals surface area (Å²) >= 11 is 0. The smallest absolute Gasteiger partial charge is 0.292 e. The quantitative estimate of drug-likeness (QED) is 0.607. The number of anilines is 1. The molecule has 0 saturated heterocycles. The van der Waals surface area contributed by atoms with Gasteiger partial charge in [-0.05, 0) is 31.9 Å². The van der Waals surface area contributed by atoms with Crippen molar-refractivity contribution >= 4 is 11.4 Å². The van der Waals surface area contributed by atoms with Crippen LogP contribution in [0.4, 0.5) is 11.4 Å². The molecule has 0 aliphatic carbocycles. The lowest BCUT2D eigenvalue weighted by atomic mass is 10.1. The Hall–Kier alpha value is -1.62. The minimum absolute atomic E-state index is 0.0661. The van der Waals surface area contributed by atoms with E-state index in [4.69, 9.17) is 0 Å². The number of aliphatic hydroxyl groups is 1. The maximum Gasteiger partial charge on any atom is 0.292 e. The fourth-order valence-electron chi connectivity index (χ4n) is 2.01. The molecule has 0 aliphatic heterocycles. The van der Waals surface area contributed by atoms with Crippen molar-refractivity contribution in [1.29, 1.82) is 0 Å². The van der Waals surface area contributed by atoms with Crippen LogP contribution >= 0.6 is 0 Å². The molecular formula is C14H22N2O3. The number of nitrogens with zero attached hydrogens (tertiary/aromatic N) is 2. The molecule has 5 nitrogen and oxygen atoms in total. The van der Waals surface area contributed by atoms with Crippen LogP contribution < -0.4 is 4.90 Å². The second-order valence-electron chi connectivity index (χ2n) is 4.61. The summed E-state index contributed by atoms with van der Waals surface area (Å²) in [5.41, 5.74) is 1.27. The molecular weight excluding hydrogens is 244 g/mol. The number of hydrogen-bond donors (Lipinski definition) is 1. The molecule has 0 bridgehead atoms. The van der Waals surface area contributed by atoms with Gasteiger partial charge in [-0.2, -0.15) is 0 Å². The number of benzene rings is 1. The van der Waals surface area contributed by atoms with E-state index in [0.717, 1.165) is 25.9 Å². The highest BCUT2D eigenvalue weighted by Gasteiger charge is 2.20. The molecule has 1 rings (SSSR count). The first-order chi connectivity index (χ1) is 9.01. The summed E-state index contributed by atoms with van der Waals surface area (Å²) in [7, 11) is 0. The maximum absolute atomic E-state index is 11.2. The number of hydrogen-bond acceptors (Lipinski definition) is 4. The lowest BCUT2D eigenvalue weighted by Gasteiger charge is -2.23. The molecule has 0 radical (unpaired) electrons. The summed E-state index contributed by atoms with van der Waals surface area (Å²) < 4.78 is 0. The van der Waals surface area contributed by atoms with Crippen molar-refractivity contribution in [3.8, 4) is 0 Å². The summed E-state index contributed by atoms with van der Waals surface area (Å²) in [5.74, 6) is 0. The molecule has 0 fully saturated rings. The molecule has 0 spiro atoms. The van der Waals surface area contributed by atoms with Crippen LogP contribution in [0.1, 0.15) is 45.3 Å². The summed E-state index contributed by atoms with van der Waals surface area (Å²) in [6.07, 6.45) is 1.36. The first-order valence-electron chi connectivity index (χ1n) is 6.72. The molecule has 1 aromatic carbocycles.